The molecule has 1 atom stereocenters. The van der Waals surface area contributed by atoms with Crippen LogP contribution in [0.25, 0.3) is 10.9 Å². The molecule has 0 saturated carbocycles. The van der Waals surface area contributed by atoms with Gasteiger partial charge in [-0.25, -0.2) is 0 Å². The maximum Gasteiger partial charge on any atom is 0.274 e. The molecule has 2 aromatic heterocycles. The number of rotatable bonds is 3. The third kappa shape index (κ3) is 3.28. The molecule has 27 heavy (non-hydrogen) atoms. The summed E-state index contributed by atoms with van der Waals surface area (Å²) in [5.41, 5.74) is 8.00. The number of para-hydroxylation sites is 1. The van der Waals surface area contributed by atoms with Crippen LogP contribution in [-0.4, -0.2) is 44.6 Å². The van der Waals surface area contributed by atoms with Gasteiger partial charge in [0, 0.05) is 37.6 Å². The average molecular weight is 363 g/mol. The first-order chi connectivity index (χ1) is 13.0. The number of primary amides is 1. The van der Waals surface area contributed by atoms with Crippen LogP contribution in [0, 0.1) is 0 Å². The lowest BCUT2D eigenvalue weighted by Crippen LogP contribution is -2.40. The van der Waals surface area contributed by atoms with Gasteiger partial charge < -0.3 is 10.6 Å². The smallest absolute Gasteiger partial charge is 0.274 e. The van der Waals surface area contributed by atoms with Gasteiger partial charge in [-0.3, -0.25) is 19.3 Å². The van der Waals surface area contributed by atoms with Gasteiger partial charge in [0.15, 0.2) is 0 Å². The van der Waals surface area contributed by atoms with Crippen molar-refractivity contribution in [3.63, 3.8) is 0 Å². The van der Waals surface area contributed by atoms with Crippen molar-refractivity contribution < 1.29 is 9.59 Å². The van der Waals surface area contributed by atoms with Gasteiger partial charge in [-0.2, -0.15) is 5.10 Å². The summed E-state index contributed by atoms with van der Waals surface area (Å²) in [5.74, 6) is -0.614. The number of hydrogen-bond donors (Lipinski definition) is 1. The Morgan fingerprint density at radius 3 is 2.78 bits per heavy atom. The largest absolute Gasteiger partial charge is 0.366 e. The Kier molecular flexibility index (Phi) is 4.35. The molecule has 1 aromatic carbocycles. The van der Waals surface area contributed by atoms with Crippen molar-refractivity contribution in [2.24, 2.45) is 12.8 Å². The third-order valence-electron chi connectivity index (χ3n) is 5.05. The van der Waals surface area contributed by atoms with E-state index in [1.54, 1.807) is 35.0 Å². The molecular formula is C20H21N5O2. The Morgan fingerprint density at radius 1 is 1.22 bits per heavy atom. The number of nitrogens with zero attached hydrogens (tertiary/aromatic N) is 4. The number of likely N-dealkylation sites (tertiary alicyclic amines) is 1. The lowest BCUT2D eigenvalue weighted by atomic mass is 9.90. The fraction of sp³-hybridized carbons (Fsp3) is 0.300. The quantitative estimate of drug-likeness (QED) is 0.771. The topological polar surface area (TPSA) is 94.1 Å². The molecule has 4 rings (SSSR count). The van der Waals surface area contributed by atoms with Crippen LogP contribution in [0.2, 0.25) is 0 Å². The van der Waals surface area contributed by atoms with Crippen molar-refractivity contribution in [1.29, 1.82) is 0 Å². The number of fused-ring (bicyclic) bond motifs is 1. The lowest BCUT2D eigenvalue weighted by molar-refractivity contribution is 0.0699. The Labute approximate surface area is 156 Å². The molecular weight excluding hydrogens is 342 g/mol. The van der Waals surface area contributed by atoms with Crippen LogP contribution in [0.5, 0.6) is 0 Å². The fourth-order valence-electron chi connectivity index (χ4n) is 3.72. The Bertz CT molecular complexity index is 1030. The molecule has 2 amide bonds. The molecule has 2 N–H and O–H groups in total. The second-order valence-corrected chi connectivity index (χ2v) is 6.94. The van der Waals surface area contributed by atoms with E-state index in [9.17, 15) is 9.59 Å². The molecule has 3 aromatic rings. The Hall–Kier alpha value is -3.22. The van der Waals surface area contributed by atoms with Crippen molar-refractivity contribution >= 4 is 22.7 Å². The summed E-state index contributed by atoms with van der Waals surface area (Å²) in [4.78, 5) is 31.3. The molecule has 1 aliphatic heterocycles. The number of pyridine rings is 1. The summed E-state index contributed by atoms with van der Waals surface area (Å²) < 4.78 is 1.62. The van der Waals surface area contributed by atoms with Crippen LogP contribution in [0.3, 0.4) is 0 Å². The summed E-state index contributed by atoms with van der Waals surface area (Å²) in [7, 11) is 1.79. The molecule has 7 heteroatoms. The van der Waals surface area contributed by atoms with Crippen molar-refractivity contribution in [2.45, 2.75) is 18.8 Å². The second kappa shape index (κ2) is 6.83. The summed E-state index contributed by atoms with van der Waals surface area (Å²) in [6.07, 6.45) is 3.46. The Morgan fingerprint density at radius 2 is 2.04 bits per heavy atom. The van der Waals surface area contributed by atoms with Gasteiger partial charge in [0.25, 0.3) is 11.8 Å². The highest BCUT2D eigenvalue weighted by molar-refractivity contribution is 5.98. The maximum atomic E-state index is 12.8. The first-order valence-corrected chi connectivity index (χ1v) is 9.01. The number of nitrogens with two attached hydrogens (primary N) is 1. The predicted octanol–water partition coefficient (Wildman–Crippen LogP) is 2.09. The number of carbonyl (C=O) groups is 2. The summed E-state index contributed by atoms with van der Waals surface area (Å²) in [6, 6.07) is 11.2. The molecule has 0 radical (unpaired) electrons. The van der Waals surface area contributed by atoms with E-state index in [0.717, 1.165) is 23.7 Å². The van der Waals surface area contributed by atoms with Crippen LogP contribution in [-0.2, 0) is 7.05 Å². The minimum absolute atomic E-state index is 0.0291. The second-order valence-electron chi connectivity index (χ2n) is 6.94. The van der Waals surface area contributed by atoms with E-state index >= 15 is 0 Å². The van der Waals surface area contributed by atoms with Gasteiger partial charge in [-0.05, 0) is 31.0 Å². The summed E-state index contributed by atoms with van der Waals surface area (Å²) >= 11 is 0. The highest BCUT2D eigenvalue weighted by Crippen LogP contribution is 2.30. The van der Waals surface area contributed by atoms with Crippen LogP contribution >= 0.6 is 0 Å². The minimum Gasteiger partial charge on any atom is -0.366 e. The summed E-state index contributed by atoms with van der Waals surface area (Å²) in [5, 5.41) is 5.09. The van der Waals surface area contributed by atoms with E-state index in [1.807, 2.05) is 24.3 Å². The first-order valence-electron chi connectivity index (χ1n) is 9.01. The number of hydrogen-bond acceptors (Lipinski definition) is 4. The minimum atomic E-state index is -0.489. The van der Waals surface area contributed by atoms with Gasteiger partial charge in [-0.15, -0.1) is 0 Å². The van der Waals surface area contributed by atoms with E-state index in [0.29, 0.717) is 30.0 Å². The average Bonchev–Trinajstić information content (AvgIpc) is 3.12. The van der Waals surface area contributed by atoms with E-state index in [2.05, 4.69) is 5.10 Å². The van der Waals surface area contributed by atoms with E-state index < -0.39 is 5.91 Å². The predicted molar refractivity (Wildman–Crippen MR) is 101 cm³/mol. The molecule has 1 fully saturated rings. The molecule has 0 bridgehead atoms. The number of aromatic nitrogens is 3. The summed E-state index contributed by atoms with van der Waals surface area (Å²) in [6.45, 7) is 1.17. The van der Waals surface area contributed by atoms with Gasteiger partial charge in [0.05, 0.1) is 16.8 Å². The zero-order valence-electron chi connectivity index (χ0n) is 15.1. The van der Waals surface area contributed by atoms with Crippen LogP contribution < -0.4 is 5.73 Å². The molecule has 3 heterocycles. The zero-order valence-corrected chi connectivity index (χ0v) is 15.1. The number of carbonyl (C=O) groups excluding carboxylic acids is 2. The number of benzene rings is 1. The van der Waals surface area contributed by atoms with Gasteiger partial charge in [0.1, 0.15) is 5.69 Å². The lowest BCUT2D eigenvalue weighted by Gasteiger charge is -2.32. The van der Waals surface area contributed by atoms with E-state index in [-0.39, 0.29) is 11.8 Å². The van der Waals surface area contributed by atoms with Gasteiger partial charge >= 0.3 is 0 Å². The molecule has 1 saturated heterocycles. The van der Waals surface area contributed by atoms with Crippen molar-refractivity contribution in [3.05, 3.63) is 59.5 Å². The van der Waals surface area contributed by atoms with Crippen molar-refractivity contribution in [3.8, 4) is 0 Å². The van der Waals surface area contributed by atoms with Crippen LogP contribution in [0.15, 0.2) is 42.6 Å². The molecule has 1 aliphatic rings. The molecule has 1 unspecified atom stereocenters. The number of aryl methyl sites for hydroxylation is 1. The molecule has 0 spiro atoms. The number of piperidine rings is 1. The standard InChI is InChI=1S/C20H21N5O2/c1-24-10-8-17(23-24)20(27)25-9-4-6-14(12-25)18-15(19(21)26)11-13-5-2-3-7-16(13)22-18/h2-3,5,7-8,10-11,14H,4,6,9,12H2,1H3,(H2,21,26). The molecule has 7 nitrogen and oxygen atoms in total. The van der Waals surface area contributed by atoms with Crippen molar-refractivity contribution in [1.82, 2.24) is 19.7 Å². The Balaban J connectivity index is 1.67. The zero-order chi connectivity index (χ0) is 19.0. The van der Waals surface area contributed by atoms with E-state index in [1.165, 1.54) is 0 Å². The monoisotopic (exact) mass is 363 g/mol. The van der Waals surface area contributed by atoms with Gasteiger partial charge in [0.2, 0.25) is 0 Å². The van der Waals surface area contributed by atoms with Crippen LogP contribution in [0.4, 0.5) is 0 Å². The normalized spacial score (nSPS) is 17.2. The van der Waals surface area contributed by atoms with Gasteiger partial charge in [-0.1, -0.05) is 18.2 Å². The van der Waals surface area contributed by atoms with E-state index in [4.69, 9.17) is 10.7 Å². The molecule has 0 aliphatic carbocycles. The highest BCUT2D eigenvalue weighted by atomic mass is 16.2. The fourth-order valence-corrected chi connectivity index (χ4v) is 3.72. The first kappa shape index (κ1) is 17.2. The maximum absolute atomic E-state index is 12.8. The molecule has 138 valence electrons. The third-order valence-corrected chi connectivity index (χ3v) is 5.05. The van der Waals surface area contributed by atoms with Crippen LogP contribution in [0.1, 0.15) is 45.3 Å². The van der Waals surface area contributed by atoms with Crippen molar-refractivity contribution in [2.75, 3.05) is 13.1 Å². The highest BCUT2D eigenvalue weighted by Gasteiger charge is 2.29. The number of amides is 2. The SMILES string of the molecule is Cn1ccc(C(=O)N2CCCC(c3nc4ccccc4cc3C(N)=O)C2)n1.